The molecule has 0 saturated carbocycles. The van der Waals surface area contributed by atoms with E-state index in [-0.39, 0.29) is 0 Å². The standard InChI is InChI=1S/C27H29N7O2/c1-2-19-14-20(15-29-27(19)36-12-1)24-17-34-8-7-28-26(34)25(31-24)30-21-3-5-22(6-4-21)33-10-9-32-11-13-35-18-23(32)16-33/h3-8,14-15,17,23H,1-2,9-13,16,18H2,(H,30,31)/t23-/m0/s1. The summed E-state index contributed by atoms with van der Waals surface area (Å²) in [4.78, 5) is 19.0. The second-order valence-electron chi connectivity index (χ2n) is 9.66. The van der Waals surface area contributed by atoms with Gasteiger partial charge in [-0.2, -0.15) is 0 Å². The van der Waals surface area contributed by atoms with Crippen molar-refractivity contribution in [3.63, 3.8) is 0 Å². The molecule has 9 heteroatoms. The molecule has 6 heterocycles. The van der Waals surface area contributed by atoms with E-state index in [9.17, 15) is 0 Å². The molecular weight excluding hydrogens is 454 g/mol. The summed E-state index contributed by atoms with van der Waals surface area (Å²) in [5.74, 6) is 1.46. The number of fused-ring (bicyclic) bond motifs is 3. The first-order valence-electron chi connectivity index (χ1n) is 12.7. The van der Waals surface area contributed by atoms with Gasteiger partial charge in [0.15, 0.2) is 11.5 Å². The average molecular weight is 484 g/mol. The minimum absolute atomic E-state index is 0.482. The average Bonchev–Trinajstić information content (AvgIpc) is 3.42. The highest BCUT2D eigenvalue weighted by atomic mass is 16.5. The molecule has 3 aliphatic heterocycles. The molecule has 3 aromatic heterocycles. The summed E-state index contributed by atoms with van der Waals surface area (Å²) < 4.78 is 13.4. The lowest BCUT2D eigenvalue weighted by Gasteiger charge is -2.44. The van der Waals surface area contributed by atoms with Crippen molar-refractivity contribution in [3.05, 3.63) is 60.7 Å². The topological polar surface area (TPSA) is 80.1 Å². The number of hydrogen-bond donors (Lipinski definition) is 1. The highest BCUT2D eigenvalue weighted by Crippen LogP contribution is 2.30. The van der Waals surface area contributed by atoms with Crippen molar-refractivity contribution in [1.29, 1.82) is 0 Å². The maximum atomic E-state index is 5.70. The Morgan fingerprint density at radius 2 is 1.97 bits per heavy atom. The molecule has 2 saturated heterocycles. The van der Waals surface area contributed by atoms with Crippen molar-refractivity contribution in [1.82, 2.24) is 24.3 Å². The van der Waals surface area contributed by atoms with E-state index in [1.54, 1.807) is 6.20 Å². The van der Waals surface area contributed by atoms with Gasteiger partial charge in [-0.05, 0) is 43.2 Å². The van der Waals surface area contributed by atoms with Crippen LogP contribution in [0.25, 0.3) is 16.9 Å². The van der Waals surface area contributed by atoms with E-state index in [4.69, 9.17) is 14.5 Å². The number of nitrogens with one attached hydrogen (secondary N) is 1. The summed E-state index contributed by atoms with van der Waals surface area (Å²) in [5.41, 5.74) is 5.94. The Balaban J connectivity index is 1.14. The molecule has 36 heavy (non-hydrogen) atoms. The molecule has 9 nitrogen and oxygen atoms in total. The summed E-state index contributed by atoms with van der Waals surface area (Å²) in [6, 6.07) is 11.2. The molecule has 0 aliphatic carbocycles. The number of piperazine rings is 1. The van der Waals surface area contributed by atoms with Crippen molar-refractivity contribution in [2.75, 3.05) is 56.2 Å². The number of benzene rings is 1. The lowest BCUT2D eigenvalue weighted by atomic mass is 10.1. The zero-order chi connectivity index (χ0) is 23.9. The Kier molecular flexibility index (Phi) is 5.44. The normalized spacial score (nSPS) is 20.0. The maximum absolute atomic E-state index is 5.70. The molecule has 0 radical (unpaired) electrons. The van der Waals surface area contributed by atoms with Crippen LogP contribution in [0.1, 0.15) is 12.0 Å². The summed E-state index contributed by atoms with van der Waals surface area (Å²) >= 11 is 0. The smallest absolute Gasteiger partial charge is 0.216 e. The van der Waals surface area contributed by atoms with Crippen LogP contribution in [-0.4, -0.2) is 76.3 Å². The van der Waals surface area contributed by atoms with E-state index in [0.717, 1.165) is 92.9 Å². The molecule has 2 fully saturated rings. The number of anilines is 3. The van der Waals surface area contributed by atoms with E-state index in [2.05, 4.69) is 55.4 Å². The first-order valence-corrected chi connectivity index (χ1v) is 12.7. The van der Waals surface area contributed by atoms with Crippen molar-refractivity contribution >= 4 is 22.8 Å². The van der Waals surface area contributed by atoms with Crippen LogP contribution >= 0.6 is 0 Å². The summed E-state index contributed by atoms with van der Waals surface area (Å²) in [6.45, 7) is 6.60. The highest BCUT2D eigenvalue weighted by molar-refractivity contribution is 5.74. The minimum atomic E-state index is 0.482. The first kappa shape index (κ1) is 21.6. The van der Waals surface area contributed by atoms with Crippen LogP contribution in [0.3, 0.4) is 0 Å². The van der Waals surface area contributed by atoms with Gasteiger partial charge in [0.2, 0.25) is 5.88 Å². The molecule has 0 bridgehead atoms. The van der Waals surface area contributed by atoms with Crippen LogP contribution in [0.15, 0.2) is 55.1 Å². The van der Waals surface area contributed by atoms with Crippen molar-refractivity contribution < 1.29 is 9.47 Å². The van der Waals surface area contributed by atoms with E-state index in [1.165, 1.54) is 5.69 Å². The zero-order valence-electron chi connectivity index (χ0n) is 20.1. The summed E-state index contributed by atoms with van der Waals surface area (Å²) in [5, 5.41) is 3.49. The van der Waals surface area contributed by atoms with Crippen molar-refractivity contribution in [2.24, 2.45) is 0 Å². The Hall–Kier alpha value is -3.69. The van der Waals surface area contributed by atoms with Crippen LogP contribution < -0.4 is 15.0 Å². The molecule has 0 amide bonds. The molecule has 184 valence electrons. The molecule has 1 N–H and O–H groups in total. The zero-order valence-corrected chi connectivity index (χ0v) is 20.1. The number of pyridine rings is 1. The fraction of sp³-hybridized carbons (Fsp3) is 0.370. The second-order valence-corrected chi connectivity index (χ2v) is 9.66. The van der Waals surface area contributed by atoms with Crippen LogP contribution in [0.2, 0.25) is 0 Å². The van der Waals surface area contributed by atoms with Gasteiger partial charge in [-0.1, -0.05) is 0 Å². The fourth-order valence-corrected chi connectivity index (χ4v) is 5.41. The number of aromatic nitrogens is 4. The van der Waals surface area contributed by atoms with Crippen LogP contribution in [0.4, 0.5) is 17.2 Å². The van der Waals surface area contributed by atoms with Crippen LogP contribution in [0, 0.1) is 0 Å². The third-order valence-electron chi connectivity index (χ3n) is 7.36. The first-order chi connectivity index (χ1) is 17.8. The van der Waals surface area contributed by atoms with Crippen LogP contribution in [0.5, 0.6) is 5.88 Å². The summed E-state index contributed by atoms with van der Waals surface area (Å²) in [7, 11) is 0. The van der Waals surface area contributed by atoms with Crippen molar-refractivity contribution in [3.8, 4) is 17.1 Å². The predicted molar refractivity (Wildman–Crippen MR) is 138 cm³/mol. The Bertz CT molecular complexity index is 1390. The predicted octanol–water partition coefficient (Wildman–Crippen LogP) is 3.38. The molecule has 3 aliphatic rings. The molecule has 7 rings (SSSR count). The quantitative estimate of drug-likeness (QED) is 0.473. The monoisotopic (exact) mass is 483 g/mol. The van der Waals surface area contributed by atoms with E-state index >= 15 is 0 Å². The SMILES string of the molecule is c1cn2cc(-c3cnc4c(c3)CCCO4)nc(Nc3ccc(N4CCN5CCOC[C@@H]5C4)cc3)c2n1. The van der Waals surface area contributed by atoms with Gasteiger partial charge in [-0.15, -0.1) is 0 Å². The van der Waals surface area contributed by atoms with E-state index in [0.29, 0.717) is 11.9 Å². The van der Waals surface area contributed by atoms with Gasteiger partial charge in [0, 0.05) is 73.5 Å². The Morgan fingerprint density at radius 3 is 2.92 bits per heavy atom. The van der Waals surface area contributed by atoms with Gasteiger partial charge in [-0.25, -0.2) is 15.0 Å². The number of rotatable bonds is 4. The number of nitrogens with zero attached hydrogens (tertiary/aromatic N) is 6. The number of aryl methyl sites for hydroxylation is 1. The largest absolute Gasteiger partial charge is 0.477 e. The van der Waals surface area contributed by atoms with E-state index < -0.39 is 0 Å². The molecule has 1 aromatic carbocycles. The van der Waals surface area contributed by atoms with Gasteiger partial charge in [0.1, 0.15) is 0 Å². The molecule has 0 unspecified atom stereocenters. The Morgan fingerprint density at radius 1 is 1.03 bits per heavy atom. The molecule has 0 spiro atoms. The Labute approximate surface area is 209 Å². The van der Waals surface area contributed by atoms with Gasteiger partial charge in [-0.3, -0.25) is 4.90 Å². The maximum Gasteiger partial charge on any atom is 0.216 e. The molecule has 4 aromatic rings. The molecule has 1 atom stereocenters. The van der Waals surface area contributed by atoms with Crippen LogP contribution in [-0.2, 0) is 11.2 Å². The second kappa shape index (κ2) is 9.07. The fourth-order valence-electron chi connectivity index (χ4n) is 5.41. The van der Waals surface area contributed by atoms with Gasteiger partial charge in [0.05, 0.1) is 31.6 Å². The van der Waals surface area contributed by atoms with Crippen molar-refractivity contribution in [2.45, 2.75) is 18.9 Å². The van der Waals surface area contributed by atoms with Gasteiger partial charge in [0.25, 0.3) is 0 Å². The van der Waals surface area contributed by atoms with Gasteiger partial charge < -0.3 is 24.1 Å². The van der Waals surface area contributed by atoms with E-state index in [1.807, 2.05) is 23.0 Å². The number of hydrogen-bond acceptors (Lipinski definition) is 8. The number of ether oxygens (including phenoxy) is 2. The molecular formula is C27H29N7O2. The number of morpholine rings is 1. The minimum Gasteiger partial charge on any atom is -0.477 e. The number of imidazole rings is 1. The summed E-state index contributed by atoms with van der Waals surface area (Å²) in [6.07, 6.45) is 9.56. The third kappa shape index (κ3) is 4.04. The highest BCUT2D eigenvalue weighted by Gasteiger charge is 2.29. The third-order valence-corrected chi connectivity index (χ3v) is 7.36. The van der Waals surface area contributed by atoms with Gasteiger partial charge >= 0.3 is 0 Å². The lowest BCUT2D eigenvalue weighted by molar-refractivity contribution is -0.0116. The lowest BCUT2D eigenvalue weighted by Crippen LogP contribution is -2.58.